The Morgan fingerprint density at radius 3 is 2.61 bits per heavy atom. The van der Waals surface area contributed by atoms with Crippen LogP contribution in [-0.4, -0.2) is 62.0 Å². The molecule has 2 unspecified atom stereocenters. The van der Waals surface area contributed by atoms with E-state index in [0.29, 0.717) is 12.0 Å². The quantitative estimate of drug-likeness (QED) is 0.709. The molecule has 1 aliphatic carbocycles. The van der Waals surface area contributed by atoms with Crippen LogP contribution >= 0.6 is 0 Å². The summed E-state index contributed by atoms with van der Waals surface area (Å²) in [6.07, 6.45) is 6.55. The normalized spacial score (nSPS) is 28.3. The summed E-state index contributed by atoms with van der Waals surface area (Å²) in [4.78, 5) is 2.32. The van der Waals surface area contributed by atoms with E-state index in [0.717, 1.165) is 19.7 Å². The van der Waals surface area contributed by atoms with Crippen LogP contribution in [0.2, 0.25) is 0 Å². The molecule has 0 aromatic heterocycles. The molecule has 1 heterocycles. The highest BCUT2D eigenvalue weighted by Crippen LogP contribution is 2.39. The average Bonchev–Trinajstić information content (AvgIpc) is 3.22. The number of hydrogen-bond acceptors (Lipinski definition) is 4. The van der Waals surface area contributed by atoms with Crippen molar-refractivity contribution >= 4 is 0 Å². The van der Waals surface area contributed by atoms with Gasteiger partial charge in [-0.15, -0.1) is 0 Å². The number of likely N-dealkylation sites (N-methyl/N-ethyl adjacent to an activating group) is 2. The van der Waals surface area contributed by atoms with Crippen molar-refractivity contribution in [3.05, 3.63) is 0 Å². The van der Waals surface area contributed by atoms with Crippen LogP contribution in [0.25, 0.3) is 0 Å². The highest BCUT2D eigenvalue weighted by molar-refractivity contribution is 5.02. The molecule has 0 amide bonds. The number of nitrogens with one attached hydrogen (secondary N) is 1. The van der Waals surface area contributed by atoms with Gasteiger partial charge in [0.05, 0.1) is 18.2 Å². The van der Waals surface area contributed by atoms with Crippen LogP contribution in [0.15, 0.2) is 0 Å². The average molecular weight is 256 g/mol. The lowest BCUT2D eigenvalue weighted by molar-refractivity contribution is -0.00899. The standard InChI is InChI=1S/C14H28N2O2/c1-15-14(11-17,12-6-7-12)10-16(2)9-13-5-3-4-8-18-13/h12-13,15,17H,3-11H2,1-2H3. The monoisotopic (exact) mass is 256 g/mol. The van der Waals surface area contributed by atoms with Gasteiger partial charge in [0.2, 0.25) is 0 Å². The van der Waals surface area contributed by atoms with Crippen LogP contribution in [0, 0.1) is 5.92 Å². The van der Waals surface area contributed by atoms with Crippen molar-refractivity contribution in [3.63, 3.8) is 0 Å². The van der Waals surface area contributed by atoms with E-state index >= 15 is 0 Å². The minimum Gasteiger partial charge on any atom is -0.394 e. The summed E-state index contributed by atoms with van der Waals surface area (Å²) >= 11 is 0. The van der Waals surface area contributed by atoms with Gasteiger partial charge in [-0.05, 0) is 52.1 Å². The largest absolute Gasteiger partial charge is 0.394 e. The molecule has 2 fully saturated rings. The summed E-state index contributed by atoms with van der Waals surface area (Å²) in [6.45, 7) is 3.03. The molecule has 1 saturated heterocycles. The van der Waals surface area contributed by atoms with E-state index in [1.807, 2.05) is 7.05 Å². The Morgan fingerprint density at radius 2 is 2.11 bits per heavy atom. The molecule has 1 aliphatic heterocycles. The summed E-state index contributed by atoms with van der Waals surface area (Å²) in [5.74, 6) is 0.641. The Balaban J connectivity index is 1.82. The first-order valence-corrected chi connectivity index (χ1v) is 7.30. The molecule has 4 heteroatoms. The number of hydrogen-bond donors (Lipinski definition) is 2. The molecule has 106 valence electrons. The molecule has 0 bridgehead atoms. The van der Waals surface area contributed by atoms with Gasteiger partial charge in [-0.1, -0.05) is 0 Å². The van der Waals surface area contributed by atoms with Crippen molar-refractivity contribution in [2.75, 3.05) is 40.4 Å². The van der Waals surface area contributed by atoms with Crippen molar-refractivity contribution in [2.24, 2.45) is 5.92 Å². The number of nitrogens with zero attached hydrogens (tertiary/aromatic N) is 1. The van der Waals surface area contributed by atoms with Crippen molar-refractivity contribution < 1.29 is 9.84 Å². The number of aliphatic hydroxyl groups is 1. The van der Waals surface area contributed by atoms with Crippen LogP contribution in [0.1, 0.15) is 32.1 Å². The summed E-state index contributed by atoms with van der Waals surface area (Å²) in [5, 5.41) is 13.1. The van der Waals surface area contributed by atoms with Gasteiger partial charge in [-0.3, -0.25) is 0 Å². The molecule has 2 atom stereocenters. The first-order chi connectivity index (χ1) is 8.70. The molecule has 1 saturated carbocycles. The fourth-order valence-electron chi connectivity index (χ4n) is 3.15. The van der Waals surface area contributed by atoms with Crippen LogP contribution in [0.3, 0.4) is 0 Å². The van der Waals surface area contributed by atoms with Gasteiger partial charge in [-0.25, -0.2) is 0 Å². The third-order valence-electron chi connectivity index (χ3n) is 4.48. The van der Waals surface area contributed by atoms with Crippen LogP contribution in [0.4, 0.5) is 0 Å². The summed E-state index contributed by atoms with van der Waals surface area (Å²) in [7, 11) is 4.11. The Kier molecular flexibility index (Phi) is 5.01. The molecular weight excluding hydrogens is 228 g/mol. The zero-order valence-electron chi connectivity index (χ0n) is 11.8. The van der Waals surface area contributed by atoms with Gasteiger partial charge >= 0.3 is 0 Å². The minimum atomic E-state index is -0.108. The highest BCUT2D eigenvalue weighted by atomic mass is 16.5. The maximum atomic E-state index is 9.72. The molecule has 2 aliphatic rings. The number of aliphatic hydroxyl groups excluding tert-OH is 1. The maximum Gasteiger partial charge on any atom is 0.0701 e. The topological polar surface area (TPSA) is 44.7 Å². The van der Waals surface area contributed by atoms with Crippen LogP contribution in [-0.2, 0) is 4.74 Å². The van der Waals surface area contributed by atoms with Gasteiger partial charge < -0.3 is 20.1 Å². The summed E-state index contributed by atoms with van der Waals surface area (Å²) in [6, 6.07) is 0. The van der Waals surface area contributed by atoms with Crippen molar-refractivity contribution in [3.8, 4) is 0 Å². The molecule has 18 heavy (non-hydrogen) atoms. The highest BCUT2D eigenvalue weighted by Gasteiger charge is 2.44. The second kappa shape index (κ2) is 6.33. The third kappa shape index (κ3) is 3.44. The lowest BCUT2D eigenvalue weighted by Gasteiger charge is -2.37. The van der Waals surface area contributed by atoms with Crippen LogP contribution in [0.5, 0.6) is 0 Å². The maximum absolute atomic E-state index is 9.72. The molecular formula is C14H28N2O2. The first-order valence-electron chi connectivity index (χ1n) is 7.30. The van der Waals surface area contributed by atoms with Gasteiger partial charge in [0.25, 0.3) is 0 Å². The first kappa shape index (κ1) is 14.3. The number of ether oxygens (including phenoxy) is 1. The minimum absolute atomic E-state index is 0.108. The van der Waals surface area contributed by atoms with E-state index in [1.54, 1.807) is 0 Å². The van der Waals surface area contributed by atoms with Crippen LogP contribution < -0.4 is 5.32 Å². The molecule has 4 nitrogen and oxygen atoms in total. The lowest BCUT2D eigenvalue weighted by atomic mass is 9.93. The molecule has 2 N–H and O–H groups in total. The van der Waals surface area contributed by atoms with Gasteiger partial charge in [0, 0.05) is 19.7 Å². The van der Waals surface area contributed by atoms with E-state index in [1.165, 1.54) is 32.1 Å². The summed E-state index contributed by atoms with van der Waals surface area (Å²) in [5.41, 5.74) is -0.108. The second-order valence-electron chi connectivity index (χ2n) is 6.02. The second-order valence-corrected chi connectivity index (χ2v) is 6.02. The smallest absolute Gasteiger partial charge is 0.0701 e. The zero-order chi connectivity index (χ0) is 13.0. The zero-order valence-corrected chi connectivity index (χ0v) is 11.8. The molecule has 0 aromatic carbocycles. The van der Waals surface area contributed by atoms with Crippen molar-refractivity contribution in [1.82, 2.24) is 10.2 Å². The predicted molar refractivity (Wildman–Crippen MR) is 72.7 cm³/mol. The van der Waals surface area contributed by atoms with E-state index < -0.39 is 0 Å². The van der Waals surface area contributed by atoms with E-state index in [2.05, 4.69) is 17.3 Å². The van der Waals surface area contributed by atoms with E-state index in [-0.39, 0.29) is 12.1 Å². The van der Waals surface area contributed by atoms with E-state index in [9.17, 15) is 5.11 Å². The molecule has 0 radical (unpaired) electrons. The fraction of sp³-hybridized carbons (Fsp3) is 1.00. The Hall–Kier alpha value is -0.160. The summed E-state index contributed by atoms with van der Waals surface area (Å²) < 4.78 is 5.78. The molecule has 0 spiro atoms. The Labute approximate surface area is 111 Å². The van der Waals surface area contributed by atoms with Gasteiger partial charge in [0.1, 0.15) is 0 Å². The lowest BCUT2D eigenvalue weighted by Crippen LogP contribution is -2.56. The Bertz CT molecular complexity index is 246. The predicted octanol–water partition coefficient (Wildman–Crippen LogP) is 0.848. The molecule has 0 aromatic rings. The molecule has 2 rings (SSSR count). The van der Waals surface area contributed by atoms with E-state index in [4.69, 9.17) is 4.74 Å². The fourth-order valence-corrected chi connectivity index (χ4v) is 3.15. The van der Waals surface area contributed by atoms with Crippen molar-refractivity contribution in [2.45, 2.75) is 43.7 Å². The third-order valence-corrected chi connectivity index (χ3v) is 4.48. The Morgan fingerprint density at radius 1 is 1.33 bits per heavy atom. The van der Waals surface area contributed by atoms with Gasteiger partial charge in [-0.2, -0.15) is 0 Å². The van der Waals surface area contributed by atoms with Crippen molar-refractivity contribution in [1.29, 1.82) is 0 Å². The van der Waals surface area contributed by atoms with Gasteiger partial charge in [0.15, 0.2) is 0 Å². The number of rotatable bonds is 7. The SMILES string of the molecule is CNC(CO)(CN(C)CC1CCCCO1)C1CC1.